The molecule has 0 aromatic heterocycles. The largest absolute Gasteiger partial charge is 0.508 e. The second-order valence-corrected chi connectivity index (χ2v) is 18.6. The Morgan fingerprint density at radius 2 is 1.35 bits per heavy atom. The number of nitrogens with zero attached hydrogens (tertiary/aromatic N) is 1. The molecule has 0 unspecified atom stereocenters. The lowest BCUT2D eigenvalue weighted by Gasteiger charge is -2.47. The summed E-state index contributed by atoms with van der Waals surface area (Å²) in [4.78, 5) is 28.6. The van der Waals surface area contributed by atoms with Crippen molar-refractivity contribution in [3.05, 3.63) is 77.4 Å². The van der Waals surface area contributed by atoms with E-state index in [1.54, 1.807) is 24.3 Å². The number of aliphatic hydroxyl groups excluding tert-OH is 10. The van der Waals surface area contributed by atoms with Crippen LogP contribution < -0.4 is 9.47 Å². The number of hydrogen-bond acceptors (Lipinski definition) is 24. The Hall–Kier alpha value is -5.43. The average Bonchev–Trinajstić information content (AvgIpc) is 3.94. The van der Waals surface area contributed by atoms with Crippen LogP contribution in [0.15, 0.2) is 65.7 Å². The van der Waals surface area contributed by atoms with Gasteiger partial charge in [-0.3, -0.25) is 14.6 Å². The molecule has 9 rings (SSSR count). The van der Waals surface area contributed by atoms with Gasteiger partial charge in [-0.05, 0) is 30.7 Å². The summed E-state index contributed by atoms with van der Waals surface area (Å²) in [7, 11) is 0. The molecular weight excluding hydrogens is 962 g/mol. The van der Waals surface area contributed by atoms with Gasteiger partial charge in [0.15, 0.2) is 12.6 Å². The molecule has 72 heavy (non-hydrogen) atoms. The van der Waals surface area contributed by atoms with Crippen LogP contribution in [0.1, 0.15) is 42.4 Å². The van der Waals surface area contributed by atoms with Gasteiger partial charge in [0.05, 0.1) is 48.6 Å². The van der Waals surface area contributed by atoms with Crippen molar-refractivity contribution < 1.29 is 119 Å². The number of aliphatic imine (C=N–C) groups is 1. The molecule has 25 nitrogen and oxygen atoms in total. The van der Waals surface area contributed by atoms with Crippen molar-refractivity contribution in [3.8, 4) is 23.0 Å². The van der Waals surface area contributed by atoms with Crippen LogP contribution >= 0.6 is 0 Å². The minimum absolute atomic E-state index is 0.00539. The molecule has 18 atom stereocenters. The first-order valence-electron chi connectivity index (χ1n) is 22.7. The molecule has 5 aliphatic heterocycles. The van der Waals surface area contributed by atoms with Crippen LogP contribution in [0.25, 0.3) is 11.1 Å². The van der Waals surface area contributed by atoms with Crippen molar-refractivity contribution >= 4 is 34.5 Å². The van der Waals surface area contributed by atoms with Crippen molar-refractivity contribution in [3.63, 3.8) is 0 Å². The average molecular weight is 1020 g/mol. The second-order valence-electron chi connectivity index (χ2n) is 18.6. The van der Waals surface area contributed by atoms with Gasteiger partial charge in [-0.15, -0.1) is 0 Å². The number of esters is 1. The van der Waals surface area contributed by atoms with Gasteiger partial charge in [0.2, 0.25) is 6.29 Å². The van der Waals surface area contributed by atoms with Crippen LogP contribution in [0.5, 0.6) is 23.0 Å². The number of carbonyl (C=O) groups excluding carboxylic acids is 1. The summed E-state index contributed by atoms with van der Waals surface area (Å²) < 4.78 is 48.3. The zero-order valence-electron chi connectivity index (χ0n) is 37.8. The van der Waals surface area contributed by atoms with Gasteiger partial charge in [-0.2, -0.15) is 0 Å². The lowest BCUT2D eigenvalue weighted by molar-refractivity contribution is -0.384. The predicted octanol–water partition coefficient (Wildman–Crippen LogP) is -3.03. The fourth-order valence-corrected chi connectivity index (χ4v) is 9.85. The van der Waals surface area contributed by atoms with Crippen molar-refractivity contribution in [2.75, 3.05) is 19.8 Å². The number of aliphatic hydroxyl groups is 11. The maximum Gasteiger partial charge on any atom is 0.308 e. The minimum Gasteiger partial charge on any atom is -0.508 e. The highest BCUT2D eigenvalue weighted by molar-refractivity contribution is 6.41. The molecule has 14 N–H and O–H groups in total. The number of para-hydroxylation sites is 1. The van der Waals surface area contributed by atoms with Crippen LogP contribution in [0, 0.1) is 0 Å². The van der Waals surface area contributed by atoms with E-state index in [0.29, 0.717) is 22.4 Å². The molecule has 25 heteroatoms. The number of carboxylic acids is 1. The second kappa shape index (κ2) is 19.8. The van der Waals surface area contributed by atoms with E-state index in [4.69, 9.17) is 48.0 Å². The van der Waals surface area contributed by atoms with E-state index in [1.165, 1.54) is 30.3 Å². The Kier molecular flexibility index (Phi) is 14.1. The molecule has 3 fully saturated rings. The molecule has 1 aliphatic carbocycles. The molecular formula is C47H53NO24. The third-order valence-corrected chi connectivity index (χ3v) is 13.4. The third kappa shape index (κ3) is 9.18. The minimum atomic E-state index is -2.29. The maximum absolute atomic E-state index is 12.6. The van der Waals surface area contributed by atoms with Crippen molar-refractivity contribution in [1.29, 1.82) is 0 Å². The Morgan fingerprint density at radius 1 is 0.736 bits per heavy atom. The maximum atomic E-state index is 12.6. The van der Waals surface area contributed by atoms with Crippen LogP contribution in [0.4, 0.5) is 5.69 Å². The van der Waals surface area contributed by atoms with Crippen LogP contribution in [0.3, 0.4) is 0 Å². The number of ether oxygens (including phenoxy) is 8. The van der Waals surface area contributed by atoms with E-state index < -0.39 is 160 Å². The summed E-state index contributed by atoms with van der Waals surface area (Å²) in [5.74, 6) is -7.21. The predicted molar refractivity (Wildman–Crippen MR) is 236 cm³/mol. The molecule has 3 saturated heterocycles. The molecule has 0 saturated carbocycles. The smallest absolute Gasteiger partial charge is 0.308 e. The molecule has 5 heterocycles. The number of carbonyl (C=O) groups is 2. The molecule has 390 valence electrons. The fourth-order valence-electron chi connectivity index (χ4n) is 9.85. The lowest BCUT2D eigenvalue weighted by Crippen LogP contribution is -2.65. The summed E-state index contributed by atoms with van der Waals surface area (Å²) in [6.07, 6.45) is -29.3. The Bertz CT molecular complexity index is 2590. The van der Waals surface area contributed by atoms with Gasteiger partial charge in [0.25, 0.3) is 5.79 Å². The van der Waals surface area contributed by atoms with Crippen molar-refractivity contribution in [2.24, 2.45) is 4.99 Å². The number of allylic oxidation sites excluding steroid dienone is 1. The molecule has 3 aromatic rings. The first-order valence-corrected chi connectivity index (χ1v) is 22.7. The summed E-state index contributed by atoms with van der Waals surface area (Å²) in [6.45, 7) is -1.41. The topological polar surface area (TPSA) is 404 Å². The highest BCUT2D eigenvalue weighted by Crippen LogP contribution is 2.65. The van der Waals surface area contributed by atoms with Gasteiger partial charge in [-0.1, -0.05) is 30.3 Å². The number of fused-ring (bicyclic) bond motifs is 7. The first-order chi connectivity index (χ1) is 34.2. The molecule has 0 spiro atoms. The number of aliphatic carboxylic acids is 1. The number of phenols is 2. The summed E-state index contributed by atoms with van der Waals surface area (Å²) in [5, 5.41) is 150. The lowest BCUT2D eigenvalue weighted by atomic mass is 9.88. The SMILES string of the molecule is C[C@@](O)(CC(=O)O)CC(=O)OC[C@H]1O[C@@H](Oc2cc(O)c3c(c2)O[C@]2(O[C@@H]4O[C@H](CO)[C@@H](O)[C@H](O)[C@H]4O[C@@H]4O[C@H](CO)[C@@H](O)[C@H](O)[C@H]4O)C(c4ccc(O)cc4)=C4C(=Nc5ccccc54)[C@H]32)[C@H](O)[C@@H](O)[C@@H]1O. The zero-order chi connectivity index (χ0) is 51.7. The van der Waals surface area contributed by atoms with Gasteiger partial charge < -0.3 is 109 Å². The van der Waals surface area contributed by atoms with Crippen molar-refractivity contribution in [1.82, 2.24) is 0 Å². The van der Waals surface area contributed by atoms with Crippen molar-refractivity contribution in [2.45, 2.75) is 129 Å². The Balaban J connectivity index is 1.09. The number of hydrogen-bond donors (Lipinski definition) is 14. The normalized spacial score (nSPS) is 36.6. The molecule has 0 amide bonds. The van der Waals surface area contributed by atoms with E-state index in [9.17, 15) is 76.0 Å². The van der Waals surface area contributed by atoms with E-state index in [0.717, 1.165) is 13.0 Å². The zero-order valence-corrected chi connectivity index (χ0v) is 37.8. The summed E-state index contributed by atoms with van der Waals surface area (Å²) in [5.41, 5.74) is 0.280. The molecule has 6 aliphatic rings. The standard InChI is InChI=1S/C47H53NO24/c1-46(64,12-27(53)54)13-28(55)65-16-26-36(58)38(60)40(62)43(69-26)66-19-10-22(52)30-23(11-19)71-47(31(17-6-8-18(51)9-7-17)29-20-4-2-3-5-21(20)48-33(29)32(30)47)72-45-42(39(61)35(57)25(15-50)68-45)70-44-41(63)37(59)34(56)24(14-49)67-44/h2-11,24-26,32,34-45,49-52,56-64H,12-16H2,1H3,(H,53,54)/t24-,25-,26-,32+,34-,35-,36-,37+,38+,39+,40-,41-,42-,43-,44+,45+,46-,47+/m1/s1. The Labute approximate surface area is 407 Å². The highest BCUT2D eigenvalue weighted by atomic mass is 16.8. The third-order valence-electron chi connectivity index (χ3n) is 13.4. The van der Waals surface area contributed by atoms with Crippen LogP contribution in [0.2, 0.25) is 0 Å². The monoisotopic (exact) mass is 1020 g/mol. The highest BCUT2D eigenvalue weighted by Gasteiger charge is 2.66. The van der Waals surface area contributed by atoms with E-state index in [-0.39, 0.29) is 34.1 Å². The molecule has 0 bridgehead atoms. The van der Waals surface area contributed by atoms with Gasteiger partial charge in [0.1, 0.15) is 109 Å². The number of aromatic hydroxyl groups is 2. The molecule has 0 radical (unpaired) electrons. The summed E-state index contributed by atoms with van der Waals surface area (Å²) >= 11 is 0. The number of phenolic OH excluding ortho intramolecular Hbond substituents is 2. The Morgan fingerprint density at radius 3 is 2.01 bits per heavy atom. The van der Waals surface area contributed by atoms with Crippen LogP contribution in [-0.2, 0) is 38.0 Å². The number of rotatable bonds is 15. The number of carboxylic acid groups (broad SMARTS) is 1. The van der Waals surface area contributed by atoms with E-state index in [1.807, 2.05) is 0 Å². The van der Waals surface area contributed by atoms with Gasteiger partial charge in [0, 0.05) is 28.8 Å². The van der Waals surface area contributed by atoms with Crippen LogP contribution in [-0.4, -0.2) is 212 Å². The number of benzene rings is 3. The fraction of sp³-hybridized carbons (Fsp3) is 0.511. The van der Waals surface area contributed by atoms with Gasteiger partial charge in [-0.25, -0.2) is 0 Å². The summed E-state index contributed by atoms with van der Waals surface area (Å²) in [6, 6.07) is 15.1. The van der Waals surface area contributed by atoms with Gasteiger partial charge >= 0.3 is 11.9 Å². The quantitative estimate of drug-likeness (QED) is 0.0673. The van der Waals surface area contributed by atoms with E-state index in [2.05, 4.69) is 0 Å². The first kappa shape index (κ1) is 51.5. The van der Waals surface area contributed by atoms with E-state index >= 15 is 0 Å². The molecule has 3 aromatic carbocycles.